The first-order valence-electron chi connectivity index (χ1n) is 9.82. The number of pyridine rings is 2. The van der Waals surface area contributed by atoms with Crippen LogP contribution in [0.2, 0.25) is 0 Å². The van der Waals surface area contributed by atoms with Gasteiger partial charge in [-0.15, -0.1) is 0 Å². The predicted molar refractivity (Wildman–Crippen MR) is 114 cm³/mol. The molecule has 1 atom stereocenters. The topological polar surface area (TPSA) is 160 Å². The van der Waals surface area contributed by atoms with Crippen molar-refractivity contribution in [2.24, 2.45) is 16.3 Å². The maximum Gasteiger partial charge on any atom is 0.341 e. The third-order valence-corrected chi connectivity index (χ3v) is 5.64. The van der Waals surface area contributed by atoms with Crippen molar-refractivity contribution in [1.29, 1.82) is 0 Å². The molecule has 32 heavy (non-hydrogen) atoms. The van der Waals surface area contributed by atoms with Crippen molar-refractivity contribution in [1.82, 2.24) is 9.55 Å². The van der Waals surface area contributed by atoms with E-state index in [-0.39, 0.29) is 41.5 Å². The van der Waals surface area contributed by atoms with Gasteiger partial charge in [0.25, 0.3) is 6.47 Å². The summed E-state index contributed by atoms with van der Waals surface area (Å²) in [6.45, 7) is 2.65. The molecule has 2 aliphatic rings. The van der Waals surface area contributed by atoms with Gasteiger partial charge in [0.15, 0.2) is 11.6 Å². The lowest BCUT2D eigenvalue weighted by molar-refractivity contribution is -0.122. The predicted octanol–water partition coefficient (Wildman–Crippen LogP) is 1.06. The van der Waals surface area contributed by atoms with Crippen molar-refractivity contribution in [3.05, 3.63) is 33.9 Å². The van der Waals surface area contributed by atoms with E-state index in [2.05, 4.69) is 10.1 Å². The smallest absolute Gasteiger partial charge is 0.341 e. The van der Waals surface area contributed by atoms with Gasteiger partial charge in [-0.1, -0.05) is 12.1 Å². The number of nitrogens with two attached hydrogens (primary N) is 1. The van der Waals surface area contributed by atoms with E-state index in [0.717, 1.165) is 18.9 Å². The van der Waals surface area contributed by atoms with E-state index in [1.54, 1.807) is 9.47 Å². The summed E-state index contributed by atoms with van der Waals surface area (Å²) in [6, 6.07) is 1.14. The molecule has 1 aliphatic heterocycles. The lowest BCUT2D eigenvalue weighted by atomic mass is 9.88. The van der Waals surface area contributed by atoms with Crippen LogP contribution in [0.5, 0.6) is 0 Å². The Labute approximate surface area is 181 Å². The number of aromatic nitrogens is 2. The molecule has 0 spiro atoms. The van der Waals surface area contributed by atoms with Crippen LogP contribution in [0.25, 0.3) is 11.0 Å². The van der Waals surface area contributed by atoms with Crippen LogP contribution in [0, 0.1) is 11.2 Å². The molecule has 0 bridgehead atoms. The van der Waals surface area contributed by atoms with Crippen LogP contribution >= 0.6 is 0 Å². The summed E-state index contributed by atoms with van der Waals surface area (Å²) < 4.78 is 16.7. The van der Waals surface area contributed by atoms with Gasteiger partial charge < -0.3 is 30.3 Å². The largest absolute Gasteiger partial charge is 0.483 e. The van der Waals surface area contributed by atoms with Gasteiger partial charge in [0.2, 0.25) is 5.43 Å². The van der Waals surface area contributed by atoms with Gasteiger partial charge in [-0.2, -0.15) is 0 Å². The number of aromatic carboxylic acids is 1. The van der Waals surface area contributed by atoms with Crippen LogP contribution in [-0.4, -0.2) is 64.7 Å². The van der Waals surface area contributed by atoms with Gasteiger partial charge in [-0.25, -0.2) is 14.2 Å². The maximum absolute atomic E-state index is 15.0. The van der Waals surface area contributed by atoms with E-state index in [1.807, 2.05) is 6.92 Å². The van der Waals surface area contributed by atoms with Gasteiger partial charge in [-0.3, -0.25) is 9.59 Å². The highest BCUT2D eigenvalue weighted by Crippen LogP contribution is 2.38. The zero-order chi connectivity index (χ0) is 23.6. The number of carboxylic acids is 1. The standard InChI is InChI=1S/C19H22FN5O4.CH2O2/c1-19(8-21)9-24(7-14(19)23-29-2)17-13(20)5-11-15(26)12(18(27)28)6-25(10-3-4-10)16(11)22-17;2-1-3/h5-6,10H,3-4,7-9,21H2,1-2H3,(H,27,28);1H,(H,2,3)/t19-;/m1./s1. The van der Waals surface area contributed by atoms with Crippen molar-refractivity contribution in [2.75, 3.05) is 31.6 Å². The SMILES string of the molecule is CON=C1CN(c2nc3c(cc2F)c(=O)c(C(=O)O)cn3C2CC2)C[C@@]1(C)CN.O=CO. The van der Waals surface area contributed by atoms with E-state index >= 15 is 0 Å². The van der Waals surface area contributed by atoms with E-state index in [9.17, 15) is 19.1 Å². The average Bonchev–Trinajstić information content (AvgIpc) is 3.53. The average molecular weight is 449 g/mol. The first kappa shape index (κ1) is 23.1. The van der Waals surface area contributed by atoms with Crippen LogP contribution in [0.3, 0.4) is 0 Å². The second-order valence-corrected chi connectivity index (χ2v) is 7.93. The number of fused-ring (bicyclic) bond motifs is 1. The molecule has 11 nitrogen and oxygen atoms in total. The monoisotopic (exact) mass is 449 g/mol. The second kappa shape index (κ2) is 8.91. The molecule has 1 saturated carbocycles. The minimum atomic E-state index is -1.34. The number of rotatable bonds is 5. The van der Waals surface area contributed by atoms with Crippen molar-refractivity contribution < 1.29 is 29.0 Å². The van der Waals surface area contributed by atoms with Gasteiger partial charge in [-0.05, 0) is 18.9 Å². The quantitative estimate of drug-likeness (QED) is 0.448. The molecule has 2 aromatic rings. The molecule has 4 N–H and O–H groups in total. The fraction of sp³-hybridized carbons (Fsp3) is 0.450. The number of nitrogens with zero attached hydrogens (tertiary/aromatic N) is 4. The van der Waals surface area contributed by atoms with Crippen molar-refractivity contribution in [3.8, 4) is 0 Å². The molecule has 1 saturated heterocycles. The number of oxime groups is 1. The minimum absolute atomic E-state index is 0.0374. The lowest BCUT2D eigenvalue weighted by Gasteiger charge is -2.23. The summed E-state index contributed by atoms with van der Waals surface area (Å²) in [7, 11) is 1.44. The summed E-state index contributed by atoms with van der Waals surface area (Å²) >= 11 is 0. The number of halogens is 1. The van der Waals surface area contributed by atoms with Gasteiger partial charge in [0.1, 0.15) is 18.3 Å². The van der Waals surface area contributed by atoms with Gasteiger partial charge in [0, 0.05) is 30.7 Å². The minimum Gasteiger partial charge on any atom is -0.483 e. The Morgan fingerprint density at radius 3 is 2.69 bits per heavy atom. The highest BCUT2D eigenvalue weighted by molar-refractivity contribution is 5.97. The summed E-state index contributed by atoms with van der Waals surface area (Å²) in [5, 5.41) is 20.2. The normalized spacial score (nSPS) is 21.4. The first-order valence-corrected chi connectivity index (χ1v) is 9.82. The van der Waals surface area contributed by atoms with Gasteiger partial charge >= 0.3 is 5.97 Å². The summed E-state index contributed by atoms with van der Waals surface area (Å²) in [5.41, 5.74) is 5.26. The van der Waals surface area contributed by atoms with Crippen LogP contribution in [0.15, 0.2) is 22.2 Å². The highest BCUT2D eigenvalue weighted by atomic mass is 19.1. The molecule has 0 unspecified atom stereocenters. The van der Waals surface area contributed by atoms with Crippen LogP contribution < -0.4 is 16.1 Å². The van der Waals surface area contributed by atoms with Crippen molar-refractivity contribution in [3.63, 3.8) is 0 Å². The number of hydrogen-bond acceptors (Lipinski definition) is 8. The maximum atomic E-state index is 15.0. The van der Waals surface area contributed by atoms with Crippen molar-refractivity contribution in [2.45, 2.75) is 25.8 Å². The van der Waals surface area contributed by atoms with Crippen molar-refractivity contribution >= 4 is 35.0 Å². The molecule has 0 aromatic carbocycles. The molecule has 2 fully saturated rings. The summed E-state index contributed by atoms with van der Waals surface area (Å²) in [6.07, 6.45) is 3.02. The zero-order valence-corrected chi connectivity index (χ0v) is 17.6. The Balaban J connectivity index is 0.000000913. The molecule has 4 rings (SSSR count). The van der Waals surface area contributed by atoms with E-state index in [0.29, 0.717) is 18.8 Å². The Bertz CT molecular complexity index is 1150. The molecule has 0 amide bonds. The molecule has 0 radical (unpaired) electrons. The molecule has 1 aliphatic carbocycles. The van der Waals surface area contributed by atoms with Crippen LogP contribution in [0.1, 0.15) is 36.2 Å². The number of carboxylic acid groups (broad SMARTS) is 2. The second-order valence-electron chi connectivity index (χ2n) is 7.93. The Morgan fingerprint density at radius 1 is 1.50 bits per heavy atom. The fourth-order valence-corrected chi connectivity index (χ4v) is 3.76. The lowest BCUT2D eigenvalue weighted by Crippen LogP contribution is -2.36. The van der Waals surface area contributed by atoms with E-state index in [1.165, 1.54) is 13.3 Å². The summed E-state index contributed by atoms with van der Waals surface area (Å²) in [5.74, 6) is -1.96. The Hall–Kier alpha value is -3.54. The van der Waals surface area contributed by atoms with Gasteiger partial charge in [0.05, 0.1) is 17.6 Å². The first-order chi connectivity index (χ1) is 15.2. The number of anilines is 1. The number of hydrogen-bond donors (Lipinski definition) is 3. The van der Waals surface area contributed by atoms with Crippen LogP contribution in [-0.2, 0) is 9.63 Å². The molecular formula is C20H24FN5O6. The molecule has 3 heterocycles. The summed E-state index contributed by atoms with van der Waals surface area (Å²) in [4.78, 5) is 43.5. The van der Waals surface area contributed by atoms with Crippen LogP contribution in [0.4, 0.5) is 10.2 Å². The zero-order valence-electron chi connectivity index (χ0n) is 17.6. The highest BCUT2D eigenvalue weighted by Gasteiger charge is 2.41. The molecule has 2 aromatic heterocycles. The van der Waals surface area contributed by atoms with E-state index in [4.69, 9.17) is 20.5 Å². The Kier molecular flexibility index (Phi) is 6.44. The third-order valence-electron chi connectivity index (χ3n) is 5.64. The molecule has 12 heteroatoms. The van der Waals surface area contributed by atoms with E-state index < -0.39 is 22.6 Å². The Morgan fingerprint density at radius 2 is 2.16 bits per heavy atom. The fourth-order valence-electron chi connectivity index (χ4n) is 3.76. The molecular weight excluding hydrogens is 425 g/mol. The third kappa shape index (κ3) is 4.13. The molecule has 172 valence electrons. The number of carbonyl (C=O) groups is 2.